The van der Waals surface area contributed by atoms with Gasteiger partial charge in [0.15, 0.2) is 0 Å². The number of hydrogen-bond acceptors (Lipinski definition) is 3. The summed E-state index contributed by atoms with van der Waals surface area (Å²) in [6.45, 7) is 0. The van der Waals surface area contributed by atoms with Gasteiger partial charge in [0.1, 0.15) is 11.5 Å². The first kappa shape index (κ1) is 8.63. The van der Waals surface area contributed by atoms with Gasteiger partial charge in [0.25, 0.3) is 0 Å². The van der Waals surface area contributed by atoms with Crippen LogP contribution in [0.25, 0.3) is 0 Å². The lowest BCUT2D eigenvalue weighted by Crippen LogP contribution is -1.94. The maximum absolute atomic E-state index is 4.96. The van der Waals surface area contributed by atoms with Crippen LogP contribution < -0.4 is 0 Å². The van der Waals surface area contributed by atoms with Crippen molar-refractivity contribution >= 4 is 0 Å². The first-order chi connectivity index (χ1) is 6.45. The summed E-state index contributed by atoms with van der Waals surface area (Å²) < 4.78 is 0. The fourth-order valence-corrected chi connectivity index (χ4v) is 1.54. The van der Waals surface area contributed by atoms with Crippen molar-refractivity contribution in [1.82, 2.24) is 0 Å². The van der Waals surface area contributed by atoms with Gasteiger partial charge in [-0.05, 0) is 37.8 Å². The molecule has 0 radical (unpaired) electrons. The Labute approximate surface area is 77.8 Å². The zero-order valence-electron chi connectivity index (χ0n) is 7.62. The molecule has 2 aliphatic rings. The second kappa shape index (κ2) is 4.33. The van der Waals surface area contributed by atoms with Gasteiger partial charge in [-0.3, -0.25) is 0 Å². The van der Waals surface area contributed by atoms with Gasteiger partial charge >= 0.3 is 0 Å². The Bertz CT molecular complexity index is 206. The molecule has 0 aromatic heterocycles. The highest BCUT2D eigenvalue weighted by molar-refractivity contribution is 4.99. The van der Waals surface area contributed by atoms with Crippen molar-refractivity contribution in [3.8, 4) is 0 Å². The monoisotopic (exact) mass is 182 g/mol. The van der Waals surface area contributed by atoms with E-state index in [9.17, 15) is 0 Å². The van der Waals surface area contributed by atoms with E-state index in [2.05, 4.69) is 5.04 Å². The maximum Gasteiger partial charge on any atom is 0.142 e. The Morgan fingerprint density at radius 3 is 1.77 bits per heavy atom. The third-order valence-electron chi connectivity index (χ3n) is 2.28. The molecule has 0 unspecified atom stereocenters. The lowest BCUT2D eigenvalue weighted by Gasteiger charge is -2.04. The molecule has 0 saturated heterocycles. The summed E-state index contributed by atoms with van der Waals surface area (Å²) in [7, 11) is 0. The molecule has 13 heavy (non-hydrogen) atoms. The van der Waals surface area contributed by atoms with Crippen LogP contribution >= 0.6 is 0 Å². The molecule has 3 nitrogen and oxygen atoms in total. The molecule has 0 saturated carbocycles. The summed E-state index contributed by atoms with van der Waals surface area (Å²) in [4.78, 5) is 9.93. The lowest BCUT2D eigenvalue weighted by atomic mass is 10.4. The Kier molecular flexibility index (Phi) is 2.87. The van der Waals surface area contributed by atoms with Crippen molar-refractivity contribution in [2.24, 2.45) is 0 Å². The summed E-state index contributed by atoms with van der Waals surface area (Å²) in [6, 6.07) is 0. The second-order valence-electron chi connectivity index (χ2n) is 3.36. The zero-order valence-corrected chi connectivity index (χ0v) is 7.62. The summed E-state index contributed by atoms with van der Waals surface area (Å²) >= 11 is 0. The number of hydrogen-bond donors (Lipinski definition) is 0. The Balaban J connectivity index is 1.63. The fraction of sp³-hybridized carbons (Fsp3) is 0.600. The second-order valence-corrected chi connectivity index (χ2v) is 3.36. The molecule has 2 aliphatic carbocycles. The van der Waals surface area contributed by atoms with Crippen LogP contribution in [0.2, 0.25) is 0 Å². The van der Waals surface area contributed by atoms with Crippen molar-refractivity contribution < 1.29 is 14.8 Å². The third-order valence-corrected chi connectivity index (χ3v) is 2.28. The van der Waals surface area contributed by atoms with Gasteiger partial charge in [-0.25, -0.2) is 0 Å². The SMILES string of the molecule is C1=C(OOOC2=CCCC2)CCC1. The number of allylic oxidation sites excluding steroid dienone is 4. The average molecular weight is 182 g/mol. The Hall–Kier alpha value is -0.960. The Morgan fingerprint density at radius 2 is 1.38 bits per heavy atom. The molecule has 0 heterocycles. The van der Waals surface area contributed by atoms with Crippen LogP contribution in [0.1, 0.15) is 38.5 Å². The predicted molar refractivity (Wildman–Crippen MR) is 47.1 cm³/mol. The minimum atomic E-state index is 0.888. The van der Waals surface area contributed by atoms with E-state index in [1.807, 2.05) is 12.2 Å². The highest BCUT2D eigenvalue weighted by atomic mass is 17.5. The van der Waals surface area contributed by atoms with E-state index < -0.39 is 0 Å². The van der Waals surface area contributed by atoms with Crippen LogP contribution in [0.3, 0.4) is 0 Å². The van der Waals surface area contributed by atoms with Crippen LogP contribution in [0, 0.1) is 0 Å². The summed E-state index contributed by atoms with van der Waals surface area (Å²) in [5.74, 6) is 1.78. The van der Waals surface area contributed by atoms with Crippen LogP contribution in [-0.2, 0) is 14.8 Å². The predicted octanol–water partition coefficient (Wildman–Crippen LogP) is 3.00. The molecule has 0 bridgehead atoms. The minimum Gasteiger partial charge on any atom is -0.304 e. The van der Waals surface area contributed by atoms with Crippen molar-refractivity contribution in [3.05, 3.63) is 23.7 Å². The van der Waals surface area contributed by atoms with E-state index in [0.29, 0.717) is 0 Å². The summed E-state index contributed by atoms with van der Waals surface area (Å²) in [6.07, 6.45) is 10.5. The molecule has 0 aliphatic heterocycles. The quantitative estimate of drug-likeness (QED) is 0.494. The van der Waals surface area contributed by atoms with Gasteiger partial charge < -0.3 is 9.78 Å². The van der Waals surface area contributed by atoms with Gasteiger partial charge in [0.05, 0.1) is 0 Å². The average Bonchev–Trinajstić information content (AvgIpc) is 2.75. The summed E-state index contributed by atoms with van der Waals surface area (Å²) in [5, 5.41) is 4.66. The molecule has 72 valence electrons. The highest BCUT2D eigenvalue weighted by Crippen LogP contribution is 2.21. The molecular formula is C10H14O3. The van der Waals surface area contributed by atoms with E-state index in [1.165, 1.54) is 0 Å². The smallest absolute Gasteiger partial charge is 0.142 e. The van der Waals surface area contributed by atoms with Gasteiger partial charge in [-0.1, -0.05) is 0 Å². The van der Waals surface area contributed by atoms with Crippen molar-refractivity contribution in [2.45, 2.75) is 38.5 Å². The normalized spacial score (nSPS) is 21.2. The molecule has 0 atom stereocenters. The molecule has 0 aromatic carbocycles. The first-order valence-electron chi connectivity index (χ1n) is 4.84. The molecule has 0 spiro atoms. The third kappa shape index (κ3) is 2.49. The van der Waals surface area contributed by atoms with Gasteiger partial charge in [-0.2, -0.15) is 0 Å². The van der Waals surface area contributed by atoms with Crippen molar-refractivity contribution in [2.75, 3.05) is 0 Å². The maximum atomic E-state index is 4.96. The van der Waals surface area contributed by atoms with E-state index in [1.54, 1.807) is 0 Å². The molecule has 0 N–H and O–H groups in total. The lowest BCUT2D eigenvalue weighted by molar-refractivity contribution is -0.479. The zero-order chi connectivity index (χ0) is 8.93. The molecule has 2 rings (SSSR count). The highest BCUT2D eigenvalue weighted by Gasteiger charge is 2.09. The fourth-order valence-electron chi connectivity index (χ4n) is 1.54. The van der Waals surface area contributed by atoms with Gasteiger partial charge in [0.2, 0.25) is 0 Å². The Morgan fingerprint density at radius 1 is 0.846 bits per heavy atom. The van der Waals surface area contributed by atoms with Crippen molar-refractivity contribution in [1.29, 1.82) is 0 Å². The van der Waals surface area contributed by atoms with Crippen LogP contribution in [0.15, 0.2) is 23.7 Å². The topological polar surface area (TPSA) is 27.7 Å². The summed E-state index contributed by atoms with van der Waals surface area (Å²) in [5.41, 5.74) is 0. The molecular weight excluding hydrogens is 168 g/mol. The molecule has 0 aromatic rings. The van der Waals surface area contributed by atoms with Crippen molar-refractivity contribution in [3.63, 3.8) is 0 Å². The van der Waals surface area contributed by atoms with E-state index >= 15 is 0 Å². The number of rotatable bonds is 4. The van der Waals surface area contributed by atoms with E-state index in [4.69, 9.17) is 9.78 Å². The molecule has 0 amide bonds. The van der Waals surface area contributed by atoms with E-state index in [0.717, 1.165) is 50.0 Å². The van der Waals surface area contributed by atoms with Gasteiger partial charge in [-0.15, -0.1) is 0 Å². The van der Waals surface area contributed by atoms with Crippen LogP contribution in [-0.4, -0.2) is 0 Å². The van der Waals surface area contributed by atoms with Crippen LogP contribution in [0.5, 0.6) is 0 Å². The van der Waals surface area contributed by atoms with E-state index in [-0.39, 0.29) is 0 Å². The molecule has 0 fully saturated rings. The standard InChI is InChI=1S/C10H14O3/c1-2-6-9(5-1)11-13-12-10-7-3-4-8-10/h5,7H,1-4,6,8H2. The van der Waals surface area contributed by atoms with Gasteiger partial charge in [0, 0.05) is 17.9 Å². The molecule has 3 heteroatoms. The minimum absolute atomic E-state index is 0.888. The van der Waals surface area contributed by atoms with Crippen LogP contribution in [0.4, 0.5) is 0 Å². The first-order valence-corrected chi connectivity index (χ1v) is 4.84. The largest absolute Gasteiger partial charge is 0.304 e.